The molecule has 0 aliphatic rings. The second kappa shape index (κ2) is 5.77. The Bertz CT molecular complexity index is 631. The Morgan fingerprint density at radius 2 is 1.80 bits per heavy atom. The summed E-state index contributed by atoms with van der Waals surface area (Å²) in [6, 6.07) is 1.21. The summed E-state index contributed by atoms with van der Waals surface area (Å²) < 4.78 is 39.6. The molecule has 1 aromatic heterocycles. The summed E-state index contributed by atoms with van der Waals surface area (Å²) in [5.41, 5.74) is 6.14. The molecule has 20 heavy (non-hydrogen) atoms. The van der Waals surface area contributed by atoms with Crippen LogP contribution in [0.1, 0.15) is 18.9 Å². The molecule has 2 rings (SSSR count). The maximum Gasteiger partial charge on any atom is 0.161 e. The van der Waals surface area contributed by atoms with Crippen molar-refractivity contribution in [2.24, 2.45) is 0 Å². The quantitative estimate of drug-likeness (QED) is 0.845. The Labute approximate surface area is 113 Å². The van der Waals surface area contributed by atoms with Gasteiger partial charge in [-0.2, -0.15) is 0 Å². The number of halogens is 3. The first-order valence-electron chi connectivity index (χ1n) is 6.03. The van der Waals surface area contributed by atoms with Crippen LogP contribution in [-0.4, -0.2) is 9.97 Å². The third-order valence-corrected chi connectivity index (χ3v) is 2.74. The van der Waals surface area contributed by atoms with Gasteiger partial charge in [0, 0.05) is 17.7 Å². The van der Waals surface area contributed by atoms with E-state index in [9.17, 15) is 13.2 Å². The third kappa shape index (κ3) is 2.81. The maximum atomic E-state index is 13.6. The molecule has 3 N–H and O–H groups in total. The third-order valence-electron chi connectivity index (χ3n) is 2.74. The van der Waals surface area contributed by atoms with Crippen molar-refractivity contribution in [1.29, 1.82) is 0 Å². The van der Waals surface area contributed by atoms with Gasteiger partial charge < -0.3 is 11.1 Å². The van der Waals surface area contributed by atoms with Gasteiger partial charge in [-0.25, -0.2) is 23.1 Å². The summed E-state index contributed by atoms with van der Waals surface area (Å²) in [6.45, 7) is 1.94. The number of aromatic nitrogens is 2. The number of hydrogen-bond acceptors (Lipinski definition) is 4. The minimum Gasteiger partial charge on any atom is -0.383 e. The van der Waals surface area contributed by atoms with Gasteiger partial charge in [0.2, 0.25) is 0 Å². The zero-order valence-electron chi connectivity index (χ0n) is 10.8. The number of rotatable bonds is 4. The fourth-order valence-corrected chi connectivity index (χ4v) is 1.78. The van der Waals surface area contributed by atoms with Crippen molar-refractivity contribution >= 4 is 17.3 Å². The van der Waals surface area contributed by atoms with Crippen molar-refractivity contribution in [3.63, 3.8) is 0 Å². The smallest absolute Gasteiger partial charge is 0.161 e. The SMILES string of the molecule is CCCc1c(N)ncnc1Nc1cc(F)c(F)cc1F. The molecule has 0 aliphatic carbocycles. The monoisotopic (exact) mass is 282 g/mol. The van der Waals surface area contributed by atoms with Gasteiger partial charge in [-0.15, -0.1) is 0 Å². The molecule has 0 bridgehead atoms. The van der Waals surface area contributed by atoms with Gasteiger partial charge >= 0.3 is 0 Å². The molecule has 0 atom stereocenters. The Balaban J connectivity index is 2.40. The first-order valence-corrected chi connectivity index (χ1v) is 6.03. The maximum absolute atomic E-state index is 13.6. The summed E-state index contributed by atoms with van der Waals surface area (Å²) in [5, 5.41) is 2.62. The van der Waals surface area contributed by atoms with E-state index >= 15 is 0 Å². The zero-order valence-corrected chi connectivity index (χ0v) is 10.8. The predicted octanol–water partition coefficient (Wildman–Crippen LogP) is 3.17. The average Bonchev–Trinajstić information content (AvgIpc) is 2.40. The minimum atomic E-state index is -1.25. The van der Waals surface area contributed by atoms with Crippen LogP contribution >= 0.6 is 0 Å². The van der Waals surface area contributed by atoms with E-state index < -0.39 is 17.5 Å². The van der Waals surface area contributed by atoms with Gasteiger partial charge in [0.25, 0.3) is 0 Å². The van der Waals surface area contributed by atoms with E-state index in [1.165, 1.54) is 6.33 Å². The lowest BCUT2D eigenvalue weighted by molar-refractivity contribution is 0.496. The highest BCUT2D eigenvalue weighted by Crippen LogP contribution is 2.26. The molecule has 1 heterocycles. The number of nitrogens with zero attached hydrogens (tertiary/aromatic N) is 2. The van der Waals surface area contributed by atoms with Crippen LogP contribution in [0.4, 0.5) is 30.5 Å². The molecule has 0 aliphatic heterocycles. The van der Waals surface area contributed by atoms with E-state index in [4.69, 9.17) is 5.73 Å². The molecular weight excluding hydrogens is 269 g/mol. The molecule has 0 saturated heterocycles. The van der Waals surface area contributed by atoms with Crippen LogP contribution < -0.4 is 11.1 Å². The standard InChI is InChI=1S/C13H13F3N4/c1-2-3-7-12(17)18-6-19-13(7)20-11-5-9(15)8(14)4-10(11)16/h4-6H,2-3H2,1H3,(H3,17,18,19,20). The summed E-state index contributed by atoms with van der Waals surface area (Å²) in [4.78, 5) is 7.81. The van der Waals surface area contributed by atoms with E-state index in [0.717, 1.165) is 12.5 Å². The van der Waals surface area contributed by atoms with E-state index in [-0.39, 0.29) is 17.3 Å². The zero-order chi connectivity index (χ0) is 14.7. The van der Waals surface area contributed by atoms with E-state index in [0.29, 0.717) is 18.1 Å². The van der Waals surface area contributed by atoms with E-state index in [1.54, 1.807) is 0 Å². The Hall–Kier alpha value is -2.31. The second-order valence-corrected chi connectivity index (χ2v) is 4.21. The van der Waals surface area contributed by atoms with Crippen molar-refractivity contribution in [3.8, 4) is 0 Å². The summed E-state index contributed by atoms with van der Waals surface area (Å²) >= 11 is 0. The molecule has 0 spiro atoms. The van der Waals surface area contributed by atoms with E-state index in [2.05, 4.69) is 15.3 Å². The normalized spacial score (nSPS) is 10.6. The summed E-state index contributed by atoms with van der Waals surface area (Å²) in [6.07, 6.45) is 2.58. The molecule has 0 unspecified atom stereocenters. The van der Waals surface area contributed by atoms with Gasteiger partial charge in [-0.3, -0.25) is 0 Å². The first-order chi connectivity index (χ1) is 9.52. The Morgan fingerprint density at radius 3 is 2.50 bits per heavy atom. The number of nitrogens with two attached hydrogens (primary N) is 1. The number of nitrogen functional groups attached to an aromatic ring is 1. The minimum absolute atomic E-state index is 0.209. The second-order valence-electron chi connectivity index (χ2n) is 4.21. The van der Waals surface area contributed by atoms with Crippen molar-refractivity contribution in [2.75, 3.05) is 11.1 Å². The van der Waals surface area contributed by atoms with Gasteiger partial charge in [0.15, 0.2) is 11.6 Å². The number of benzene rings is 1. The lowest BCUT2D eigenvalue weighted by Gasteiger charge is -2.12. The predicted molar refractivity (Wildman–Crippen MR) is 70.0 cm³/mol. The molecule has 7 heteroatoms. The molecular formula is C13H13F3N4. The fraction of sp³-hybridized carbons (Fsp3) is 0.231. The number of nitrogens with one attached hydrogen (secondary N) is 1. The van der Waals surface area contributed by atoms with Crippen molar-refractivity contribution in [3.05, 3.63) is 41.5 Å². The van der Waals surface area contributed by atoms with Gasteiger partial charge in [-0.05, 0) is 6.42 Å². The highest BCUT2D eigenvalue weighted by atomic mass is 19.2. The Morgan fingerprint density at radius 1 is 1.10 bits per heavy atom. The lowest BCUT2D eigenvalue weighted by atomic mass is 10.1. The van der Waals surface area contributed by atoms with Crippen molar-refractivity contribution in [1.82, 2.24) is 9.97 Å². The van der Waals surface area contributed by atoms with Gasteiger partial charge in [0.05, 0.1) is 5.69 Å². The average molecular weight is 282 g/mol. The molecule has 2 aromatic rings. The number of anilines is 3. The molecule has 0 radical (unpaired) electrons. The van der Waals surface area contributed by atoms with Crippen LogP contribution in [0.5, 0.6) is 0 Å². The highest BCUT2D eigenvalue weighted by molar-refractivity contribution is 5.64. The van der Waals surface area contributed by atoms with Crippen LogP contribution in [0.15, 0.2) is 18.5 Å². The van der Waals surface area contributed by atoms with Crippen LogP contribution in [-0.2, 0) is 6.42 Å². The molecule has 4 nitrogen and oxygen atoms in total. The molecule has 0 fully saturated rings. The highest BCUT2D eigenvalue weighted by Gasteiger charge is 2.13. The number of hydrogen-bond donors (Lipinski definition) is 2. The molecule has 0 saturated carbocycles. The van der Waals surface area contributed by atoms with Crippen LogP contribution in [0.25, 0.3) is 0 Å². The lowest BCUT2D eigenvalue weighted by Crippen LogP contribution is -2.06. The largest absolute Gasteiger partial charge is 0.383 e. The molecule has 1 aromatic carbocycles. The molecule has 0 amide bonds. The topological polar surface area (TPSA) is 63.8 Å². The molecule has 106 valence electrons. The van der Waals surface area contributed by atoms with Crippen LogP contribution in [0.2, 0.25) is 0 Å². The fourth-order valence-electron chi connectivity index (χ4n) is 1.78. The van der Waals surface area contributed by atoms with Gasteiger partial charge in [-0.1, -0.05) is 13.3 Å². The van der Waals surface area contributed by atoms with Crippen LogP contribution in [0.3, 0.4) is 0 Å². The van der Waals surface area contributed by atoms with Gasteiger partial charge in [0.1, 0.15) is 23.8 Å². The van der Waals surface area contributed by atoms with Crippen molar-refractivity contribution in [2.45, 2.75) is 19.8 Å². The van der Waals surface area contributed by atoms with Crippen molar-refractivity contribution < 1.29 is 13.2 Å². The van der Waals surface area contributed by atoms with E-state index in [1.807, 2.05) is 6.92 Å². The Kier molecular flexibility index (Phi) is 4.07. The summed E-state index contributed by atoms with van der Waals surface area (Å²) in [5.74, 6) is -2.75. The van der Waals surface area contributed by atoms with Crippen LogP contribution in [0, 0.1) is 17.5 Å². The summed E-state index contributed by atoms with van der Waals surface area (Å²) in [7, 11) is 0. The first kappa shape index (κ1) is 14.1.